The van der Waals surface area contributed by atoms with Crippen molar-refractivity contribution < 1.29 is 9.53 Å². The smallest absolute Gasteiger partial charge is 0.256 e. The lowest BCUT2D eigenvalue weighted by atomic mass is 10.1. The largest absolute Gasteiger partial charge is 0.373 e. The summed E-state index contributed by atoms with van der Waals surface area (Å²) in [4.78, 5) is 20.9. The molecular weight excluding hydrogens is 308 g/mol. The number of aromatic nitrogens is 4. The Morgan fingerprint density at radius 2 is 2.21 bits per heavy atom. The summed E-state index contributed by atoms with van der Waals surface area (Å²) in [7, 11) is 1.80. The van der Waals surface area contributed by atoms with Crippen LogP contribution in [0.5, 0.6) is 0 Å². The molecule has 24 heavy (non-hydrogen) atoms. The highest BCUT2D eigenvalue weighted by Crippen LogP contribution is 2.21. The predicted octanol–water partition coefficient (Wildman–Crippen LogP) is 1.65. The molecule has 0 saturated carbocycles. The van der Waals surface area contributed by atoms with Crippen LogP contribution in [0, 0.1) is 0 Å². The van der Waals surface area contributed by atoms with E-state index in [4.69, 9.17) is 4.74 Å². The standard InChI is InChI=1S/C16H16N6O2/c1-17-15-12-3-2-10(6-13(12)18-9-19-15)16(23)20-14-7-11-8-24-5-4-22(11)21-14/h2-3,6-7,9H,4-5,8H2,1H3,(H,17,18,19)(H,20,21,23). The third-order valence-electron chi connectivity index (χ3n) is 3.94. The maximum atomic E-state index is 12.5. The van der Waals surface area contributed by atoms with Gasteiger partial charge in [-0.1, -0.05) is 0 Å². The molecule has 2 N–H and O–H groups in total. The number of nitrogens with zero attached hydrogens (tertiary/aromatic N) is 4. The minimum absolute atomic E-state index is 0.224. The van der Waals surface area contributed by atoms with Crippen molar-refractivity contribution in [3.8, 4) is 0 Å². The van der Waals surface area contributed by atoms with Crippen LogP contribution in [0.25, 0.3) is 10.9 Å². The SMILES string of the molecule is CNc1ncnc2cc(C(=O)Nc3cc4n(n3)CCOC4)ccc12. The fourth-order valence-corrected chi connectivity index (χ4v) is 2.74. The van der Waals surface area contributed by atoms with Crippen LogP contribution in [0.4, 0.5) is 11.6 Å². The number of hydrogen-bond donors (Lipinski definition) is 2. The van der Waals surface area contributed by atoms with Crippen LogP contribution >= 0.6 is 0 Å². The first kappa shape index (κ1) is 14.6. The number of benzene rings is 1. The molecule has 1 amide bonds. The fourth-order valence-electron chi connectivity index (χ4n) is 2.74. The third kappa shape index (κ3) is 2.56. The van der Waals surface area contributed by atoms with Gasteiger partial charge in [0.1, 0.15) is 12.1 Å². The van der Waals surface area contributed by atoms with Gasteiger partial charge in [-0.05, 0) is 18.2 Å². The molecule has 0 unspecified atom stereocenters. The Balaban J connectivity index is 1.60. The predicted molar refractivity (Wildman–Crippen MR) is 88.9 cm³/mol. The lowest BCUT2D eigenvalue weighted by Crippen LogP contribution is -2.17. The van der Waals surface area contributed by atoms with Gasteiger partial charge in [0, 0.05) is 24.1 Å². The number of hydrogen-bond acceptors (Lipinski definition) is 6. The lowest BCUT2D eigenvalue weighted by Gasteiger charge is -2.12. The van der Waals surface area contributed by atoms with E-state index < -0.39 is 0 Å². The van der Waals surface area contributed by atoms with Gasteiger partial charge in [0.25, 0.3) is 5.91 Å². The summed E-state index contributed by atoms with van der Waals surface area (Å²) in [5.41, 5.74) is 2.19. The van der Waals surface area contributed by atoms with Gasteiger partial charge in [0.2, 0.25) is 0 Å². The minimum atomic E-state index is -0.224. The zero-order chi connectivity index (χ0) is 16.5. The molecule has 4 rings (SSSR count). The quantitative estimate of drug-likeness (QED) is 0.761. The topological polar surface area (TPSA) is 94.0 Å². The van der Waals surface area contributed by atoms with Gasteiger partial charge in [-0.15, -0.1) is 0 Å². The Kier molecular flexibility index (Phi) is 3.58. The van der Waals surface area contributed by atoms with Gasteiger partial charge in [-0.3, -0.25) is 9.48 Å². The molecule has 0 bridgehead atoms. The maximum absolute atomic E-state index is 12.5. The molecule has 0 radical (unpaired) electrons. The zero-order valence-electron chi connectivity index (χ0n) is 13.1. The lowest BCUT2D eigenvalue weighted by molar-refractivity contribution is 0.0801. The van der Waals surface area contributed by atoms with Gasteiger partial charge in [-0.25, -0.2) is 9.97 Å². The monoisotopic (exact) mass is 324 g/mol. The summed E-state index contributed by atoms with van der Waals surface area (Å²) >= 11 is 0. The highest BCUT2D eigenvalue weighted by atomic mass is 16.5. The third-order valence-corrected chi connectivity index (χ3v) is 3.94. The van der Waals surface area contributed by atoms with Gasteiger partial charge < -0.3 is 15.4 Å². The minimum Gasteiger partial charge on any atom is -0.373 e. The summed E-state index contributed by atoms with van der Waals surface area (Å²) in [5.74, 6) is 1.03. The first-order valence-corrected chi connectivity index (χ1v) is 7.63. The van der Waals surface area contributed by atoms with Crippen LogP contribution in [0.3, 0.4) is 0 Å². The second-order valence-electron chi connectivity index (χ2n) is 5.45. The molecule has 8 heteroatoms. The van der Waals surface area contributed by atoms with Crippen molar-refractivity contribution in [2.45, 2.75) is 13.2 Å². The van der Waals surface area contributed by atoms with Crippen LogP contribution in [0.1, 0.15) is 16.1 Å². The van der Waals surface area contributed by atoms with Crippen molar-refractivity contribution in [3.63, 3.8) is 0 Å². The second-order valence-corrected chi connectivity index (χ2v) is 5.45. The van der Waals surface area contributed by atoms with E-state index in [1.807, 2.05) is 16.8 Å². The van der Waals surface area contributed by atoms with Gasteiger partial charge in [0.05, 0.1) is 31.0 Å². The average Bonchev–Trinajstić information content (AvgIpc) is 3.02. The van der Waals surface area contributed by atoms with Crippen molar-refractivity contribution >= 4 is 28.4 Å². The first-order chi connectivity index (χ1) is 11.7. The van der Waals surface area contributed by atoms with E-state index in [1.54, 1.807) is 19.2 Å². The van der Waals surface area contributed by atoms with Gasteiger partial charge in [-0.2, -0.15) is 5.10 Å². The van der Waals surface area contributed by atoms with Crippen molar-refractivity contribution in [2.24, 2.45) is 0 Å². The average molecular weight is 324 g/mol. The Bertz CT molecular complexity index is 897. The molecule has 0 atom stereocenters. The maximum Gasteiger partial charge on any atom is 0.256 e. The molecule has 8 nitrogen and oxygen atoms in total. The molecule has 0 saturated heterocycles. The van der Waals surface area contributed by atoms with Crippen molar-refractivity contribution in [2.75, 3.05) is 24.3 Å². The molecular formula is C16H16N6O2. The molecule has 3 aromatic rings. The van der Waals surface area contributed by atoms with E-state index in [-0.39, 0.29) is 5.91 Å². The number of anilines is 2. The highest BCUT2D eigenvalue weighted by Gasteiger charge is 2.15. The Morgan fingerprint density at radius 3 is 3.04 bits per heavy atom. The number of ether oxygens (including phenoxy) is 1. The Hall–Kier alpha value is -3.00. The summed E-state index contributed by atoms with van der Waals surface area (Å²) in [6.07, 6.45) is 1.47. The Labute approximate surface area is 137 Å². The molecule has 122 valence electrons. The number of carbonyl (C=O) groups is 1. The van der Waals surface area contributed by atoms with E-state index in [2.05, 4.69) is 25.7 Å². The molecule has 1 aliphatic heterocycles. The fraction of sp³-hybridized carbons (Fsp3) is 0.250. The second kappa shape index (κ2) is 5.89. The normalized spacial score (nSPS) is 13.5. The van der Waals surface area contributed by atoms with Crippen LogP contribution in [-0.2, 0) is 17.9 Å². The van der Waals surface area contributed by atoms with Gasteiger partial charge >= 0.3 is 0 Å². The molecule has 0 spiro atoms. The van der Waals surface area contributed by atoms with Crippen molar-refractivity contribution in [3.05, 3.63) is 41.9 Å². The molecule has 0 aliphatic carbocycles. The molecule has 2 aromatic heterocycles. The first-order valence-electron chi connectivity index (χ1n) is 7.63. The summed E-state index contributed by atoms with van der Waals surface area (Å²) < 4.78 is 7.23. The van der Waals surface area contributed by atoms with Gasteiger partial charge in [0.15, 0.2) is 5.82 Å². The van der Waals surface area contributed by atoms with Crippen LogP contribution in [0.2, 0.25) is 0 Å². The molecule has 1 aromatic carbocycles. The number of rotatable bonds is 3. The highest BCUT2D eigenvalue weighted by molar-refractivity contribution is 6.06. The van der Waals surface area contributed by atoms with E-state index in [0.717, 1.165) is 16.9 Å². The van der Waals surface area contributed by atoms with E-state index in [0.29, 0.717) is 36.7 Å². The number of amides is 1. The summed E-state index contributed by atoms with van der Waals surface area (Å²) in [6.45, 7) is 1.85. The van der Waals surface area contributed by atoms with Crippen LogP contribution < -0.4 is 10.6 Å². The number of fused-ring (bicyclic) bond motifs is 2. The molecule has 3 heterocycles. The van der Waals surface area contributed by atoms with E-state index in [1.165, 1.54) is 6.33 Å². The van der Waals surface area contributed by atoms with Crippen LogP contribution in [0.15, 0.2) is 30.6 Å². The summed E-state index contributed by atoms with van der Waals surface area (Å²) in [6, 6.07) is 7.16. The van der Waals surface area contributed by atoms with Crippen molar-refractivity contribution in [1.29, 1.82) is 0 Å². The van der Waals surface area contributed by atoms with E-state index in [9.17, 15) is 4.79 Å². The summed E-state index contributed by atoms with van der Waals surface area (Å²) in [5, 5.41) is 11.1. The molecule has 1 aliphatic rings. The molecule has 0 fully saturated rings. The zero-order valence-corrected chi connectivity index (χ0v) is 13.1. The Morgan fingerprint density at radius 1 is 1.29 bits per heavy atom. The van der Waals surface area contributed by atoms with Crippen molar-refractivity contribution in [1.82, 2.24) is 19.7 Å². The number of nitrogens with one attached hydrogen (secondary N) is 2. The number of carbonyl (C=O) groups excluding carboxylic acids is 1. The van der Waals surface area contributed by atoms with E-state index >= 15 is 0 Å². The van der Waals surface area contributed by atoms with Crippen LogP contribution in [-0.4, -0.2) is 39.3 Å².